The average Bonchev–Trinajstić information content (AvgIpc) is 2.50. The second kappa shape index (κ2) is 6.42. The van der Waals surface area contributed by atoms with E-state index in [1.807, 2.05) is 0 Å². The Balaban J connectivity index is 2.08. The zero-order chi connectivity index (χ0) is 16.4. The van der Waals surface area contributed by atoms with Gasteiger partial charge in [-0.05, 0) is 43.6 Å². The maximum atomic E-state index is 11.8. The summed E-state index contributed by atoms with van der Waals surface area (Å²) in [7, 11) is 0. The molecular formula is C17H19NO5. The van der Waals surface area contributed by atoms with Crippen molar-refractivity contribution >= 4 is 16.9 Å². The van der Waals surface area contributed by atoms with E-state index in [1.165, 1.54) is 18.6 Å². The van der Waals surface area contributed by atoms with Gasteiger partial charge in [-0.1, -0.05) is 6.42 Å². The summed E-state index contributed by atoms with van der Waals surface area (Å²) in [6.07, 6.45) is 3.17. The van der Waals surface area contributed by atoms with Gasteiger partial charge in [-0.15, -0.1) is 0 Å². The summed E-state index contributed by atoms with van der Waals surface area (Å²) in [4.78, 5) is 25.0. The lowest BCUT2D eigenvalue weighted by Gasteiger charge is -2.26. The van der Waals surface area contributed by atoms with Crippen LogP contribution in [0.15, 0.2) is 27.4 Å². The van der Waals surface area contributed by atoms with E-state index in [-0.39, 0.29) is 12.2 Å². The van der Waals surface area contributed by atoms with E-state index in [0.717, 1.165) is 25.9 Å². The lowest BCUT2D eigenvalue weighted by molar-refractivity contribution is -0.136. The van der Waals surface area contributed by atoms with Crippen molar-refractivity contribution in [3.63, 3.8) is 0 Å². The monoisotopic (exact) mass is 317 g/mol. The minimum atomic E-state index is -1.01. The smallest absolute Gasteiger partial charge is 0.336 e. The molecule has 122 valence electrons. The number of aromatic hydroxyl groups is 1. The van der Waals surface area contributed by atoms with Crippen LogP contribution < -0.4 is 5.63 Å². The molecule has 6 heteroatoms. The fourth-order valence-electron chi connectivity index (χ4n) is 3.14. The summed E-state index contributed by atoms with van der Waals surface area (Å²) >= 11 is 0. The summed E-state index contributed by atoms with van der Waals surface area (Å²) in [6.45, 7) is 2.37. The number of phenolic OH excluding ortho intramolecular Hbond substituents is 1. The van der Waals surface area contributed by atoms with Crippen molar-refractivity contribution < 1.29 is 19.4 Å². The van der Waals surface area contributed by atoms with Gasteiger partial charge in [-0.25, -0.2) is 4.79 Å². The number of fused-ring (bicyclic) bond motifs is 1. The molecule has 3 rings (SSSR count). The summed E-state index contributed by atoms with van der Waals surface area (Å²) in [5.41, 5.74) is 0.649. The van der Waals surface area contributed by atoms with Crippen LogP contribution in [0.2, 0.25) is 0 Å². The largest absolute Gasteiger partial charge is 0.507 e. The van der Waals surface area contributed by atoms with Crippen LogP contribution in [-0.4, -0.2) is 34.2 Å². The molecule has 0 spiro atoms. The van der Waals surface area contributed by atoms with Gasteiger partial charge < -0.3 is 14.6 Å². The molecule has 1 aliphatic rings. The average molecular weight is 317 g/mol. The number of piperidine rings is 1. The van der Waals surface area contributed by atoms with Crippen LogP contribution in [0.4, 0.5) is 0 Å². The molecule has 1 fully saturated rings. The maximum absolute atomic E-state index is 11.8. The Bertz CT molecular complexity index is 789. The number of hydrogen-bond acceptors (Lipinski definition) is 5. The molecule has 0 atom stereocenters. The van der Waals surface area contributed by atoms with Gasteiger partial charge in [0, 0.05) is 18.0 Å². The molecule has 0 amide bonds. The third kappa shape index (κ3) is 3.37. The van der Waals surface area contributed by atoms with Crippen molar-refractivity contribution in [3.05, 3.63) is 39.7 Å². The molecule has 0 aliphatic carbocycles. The molecule has 6 nitrogen and oxygen atoms in total. The number of hydrogen-bond donors (Lipinski definition) is 2. The van der Waals surface area contributed by atoms with Gasteiger partial charge in [0.15, 0.2) is 0 Å². The van der Waals surface area contributed by atoms with Crippen LogP contribution in [0.1, 0.15) is 30.4 Å². The zero-order valence-corrected chi connectivity index (χ0v) is 12.7. The fraction of sp³-hybridized carbons (Fsp3) is 0.412. The van der Waals surface area contributed by atoms with Gasteiger partial charge in [-0.2, -0.15) is 0 Å². The number of phenols is 1. The first-order chi connectivity index (χ1) is 11.0. The quantitative estimate of drug-likeness (QED) is 0.839. The molecular weight excluding hydrogens is 298 g/mol. The van der Waals surface area contributed by atoms with E-state index in [4.69, 9.17) is 9.52 Å². The van der Waals surface area contributed by atoms with Gasteiger partial charge in [0.25, 0.3) is 0 Å². The molecule has 23 heavy (non-hydrogen) atoms. The number of carbonyl (C=O) groups is 1. The number of carboxylic acid groups (broad SMARTS) is 1. The van der Waals surface area contributed by atoms with E-state index in [2.05, 4.69) is 4.90 Å². The van der Waals surface area contributed by atoms with Crippen molar-refractivity contribution in [1.29, 1.82) is 0 Å². The van der Waals surface area contributed by atoms with E-state index in [1.54, 1.807) is 6.07 Å². The highest BCUT2D eigenvalue weighted by Gasteiger charge is 2.18. The lowest BCUT2D eigenvalue weighted by atomic mass is 10.0. The van der Waals surface area contributed by atoms with E-state index in [9.17, 15) is 14.7 Å². The molecule has 0 radical (unpaired) electrons. The summed E-state index contributed by atoms with van der Waals surface area (Å²) in [6, 6.07) is 4.34. The lowest BCUT2D eigenvalue weighted by Crippen LogP contribution is -2.29. The number of aliphatic carboxylic acids is 1. The molecule has 2 N–H and O–H groups in total. The molecule has 1 aromatic carbocycles. The first-order valence-electron chi connectivity index (χ1n) is 7.76. The molecule has 1 aromatic heterocycles. The SMILES string of the molecule is O=C(O)Cc1cc(=O)oc2c(CN3CCCCC3)c(O)ccc12. The second-order valence-corrected chi connectivity index (χ2v) is 5.94. The minimum Gasteiger partial charge on any atom is -0.507 e. The highest BCUT2D eigenvalue weighted by atomic mass is 16.4. The maximum Gasteiger partial charge on any atom is 0.336 e. The Morgan fingerprint density at radius 1 is 1.22 bits per heavy atom. The Labute approximate surface area is 133 Å². The van der Waals surface area contributed by atoms with E-state index < -0.39 is 11.6 Å². The highest BCUT2D eigenvalue weighted by molar-refractivity contribution is 5.88. The fourth-order valence-corrected chi connectivity index (χ4v) is 3.14. The second-order valence-electron chi connectivity index (χ2n) is 5.94. The normalized spacial score (nSPS) is 15.8. The summed E-state index contributed by atoms with van der Waals surface area (Å²) in [5, 5.41) is 19.8. The van der Waals surface area contributed by atoms with Crippen molar-refractivity contribution in [2.75, 3.05) is 13.1 Å². The first-order valence-corrected chi connectivity index (χ1v) is 7.76. The summed E-state index contributed by atoms with van der Waals surface area (Å²) in [5.74, 6) is -0.943. The molecule has 1 aliphatic heterocycles. The predicted octanol–water partition coefficient (Wildman–Crippen LogP) is 2.11. The minimum absolute atomic E-state index is 0.0682. The number of benzene rings is 1. The molecule has 0 unspecified atom stereocenters. The first kappa shape index (κ1) is 15.6. The van der Waals surface area contributed by atoms with E-state index >= 15 is 0 Å². The standard InChI is InChI=1S/C17H19NO5/c19-14-5-4-12-11(8-15(20)21)9-16(22)23-17(12)13(14)10-18-6-2-1-3-7-18/h4-5,9,19H,1-3,6-8,10H2,(H,20,21). The number of nitrogens with zero attached hydrogens (tertiary/aromatic N) is 1. The van der Waals surface area contributed by atoms with Crippen LogP contribution in [0.3, 0.4) is 0 Å². The predicted molar refractivity (Wildman–Crippen MR) is 84.6 cm³/mol. The van der Waals surface area contributed by atoms with Crippen LogP contribution in [0.5, 0.6) is 5.75 Å². The molecule has 0 saturated carbocycles. The van der Waals surface area contributed by atoms with Crippen LogP contribution >= 0.6 is 0 Å². The van der Waals surface area contributed by atoms with Gasteiger partial charge in [0.1, 0.15) is 11.3 Å². The van der Waals surface area contributed by atoms with Gasteiger partial charge >= 0.3 is 11.6 Å². The highest BCUT2D eigenvalue weighted by Crippen LogP contribution is 2.30. The van der Waals surface area contributed by atoms with Crippen molar-refractivity contribution in [2.24, 2.45) is 0 Å². The molecule has 2 heterocycles. The number of carboxylic acids is 1. The third-order valence-electron chi connectivity index (χ3n) is 4.25. The summed E-state index contributed by atoms with van der Waals surface area (Å²) < 4.78 is 5.30. The Hall–Kier alpha value is -2.34. The number of likely N-dealkylation sites (tertiary alicyclic amines) is 1. The number of rotatable bonds is 4. The van der Waals surface area contributed by atoms with Crippen molar-refractivity contribution in [1.82, 2.24) is 4.90 Å². The van der Waals surface area contributed by atoms with Gasteiger partial charge in [-0.3, -0.25) is 9.69 Å². The molecule has 1 saturated heterocycles. The van der Waals surface area contributed by atoms with Gasteiger partial charge in [0.05, 0.1) is 12.0 Å². The zero-order valence-electron chi connectivity index (χ0n) is 12.7. The van der Waals surface area contributed by atoms with Crippen LogP contribution in [0.25, 0.3) is 11.0 Å². The van der Waals surface area contributed by atoms with E-state index in [0.29, 0.717) is 28.6 Å². The van der Waals surface area contributed by atoms with Crippen molar-refractivity contribution in [2.45, 2.75) is 32.2 Å². The molecule has 0 bridgehead atoms. The third-order valence-corrected chi connectivity index (χ3v) is 4.25. The topological polar surface area (TPSA) is 91.0 Å². The van der Waals surface area contributed by atoms with Crippen LogP contribution in [-0.2, 0) is 17.8 Å². The Morgan fingerprint density at radius 3 is 2.65 bits per heavy atom. The molecule has 2 aromatic rings. The Morgan fingerprint density at radius 2 is 1.96 bits per heavy atom. The Kier molecular flexibility index (Phi) is 4.34. The van der Waals surface area contributed by atoms with Crippen LogP contribution in [0, 0.1) is 0 Å². The van der Waals surface area contributed by atoms with Crippen molar-refractivity contribution in [3.8, 4) is 5.75 Å². The van der Waals surface area contributed by atoms with Gasteiger partial charge in [0.2, 0.25) is 0 Å².